The number of rotatable bonds is 6. The largest absolute Gasteiger partial charge is 0.325 e. The third kappa shape index (κ3) is 6.43. The summed E-state index contributed by atoms with van der Waals surface area (Å²) >= 11 is 0. The molecule has 2 aromatic carbocycles. The molecule has 3 nitrogen and oxygen atoms in total. The maximum Gasteiger partial charge on any atom is 0.243 e. The summed E-state index contributed by atoms with van der Waals surface area (Å²) in [7, 11) is 0. The Labute approximate surface area is 144 Å². The fourth-order valence-electron chi connectivity index (χ4n) is 2.19. The van der Waals surface area contributed by atoms with E-state index in [1.807, 2.05) is 18.2 Å². The summed E-state index contributed by atoms with van der Waals surface area (Å²) in [5.41, 5.74) is 8.34. The number of halogens is 1. The van der Waals surface area contributed by atoms with Crippen LogP contribution in [-0.2, 0) is 17.6 Å². The number of hydrogen-bond acceptors (Lipinski definition) is 2. The molecule has 0 aliphatic heterocycles. The first-order chi connectivity index (χ1) is 10.4. The zero-order chi connectivity index (χ0) is 16.0. The minimum atomic E-state index is -0.867. The fourth-order valence-corrected chi connectivity index (χ4v) is 2.19. The first kappa shape index (κ1) is 19.2. The Bertz CT molecular complexity index is 604. The van der Waals surface area contributed by atoms with E-state index in [2.05, 4.69) is 41.7 Å². The maximum absolute atomic E-state index is 11.8. The van der Waals surface area contributed by atoms with Crippen molar-refractivity contribution in [2.24, 2.45) is 5.73 Å². The highest BCUT2D eigenvalue weighted by Crippen LogP contribution is 2.14. The predicted octanol–water partition coefficient (Wildman–Crippen LogP) is 3.96. The standard InChI is InChI=1S/C19H24N2O.ClH/c1-19(2,20)18(22)21-17-13-11-16(12-14-17)10-6-9-15-7-4-3-5-8-15;/h3-5,7-8,11-14H,6,9-10,20H2,1-2H3,(H,21,22);1H. The summed E-state index contributed by atoms with van der Waals surface area (Å²) in [5.74, 6) is -0.177. The van der Waals surface area contributed by atoms with E-state index in [0.29, 0.717) is 0 Å². The number of hydrogen-bond donors (Lipinski definition) is 2. The van der Waals surface area contributed by atoms with Gasteiger partial charge in [-0.2, -0.15) is 0 Å². The van der Waals surface area contributed by atoms with Crippen molar-refractivity contribution < 1.29 is 4.79 Å². The molecule has 0 unspecified atom stereocenters. The molecule has 2 rings (SSSR count). The normalized spacial score (nSPS) is 10.7. The summed E-state index contributed by atoms with van der Waals surface area (Å²) in [5, 5.41) is 2.83. The topological polar surface area (TPSA) is 55.1 Å². The predicted molar refractivity (Wildman–Crippen MR) is 99.1 cm³/mol. The first-order valence-corrected chi connectivity index (χ1v) is 7.68. The van der Waals surface area contributed by atoms with E-state index < -0.39 is 5.54 Å². The highest BCUT2D eigenvalue weighted by molar-refractivity contribution is 5.97. The molecule has 0 aromatic heterocycles. The lowest BCUT2D eigenvalue weighted by atomic mass is 10.0. The minimum Gasteiger partial charge on any atom is -0.325 e. The van der Waals surface area contributed by atoms with Gasteiger partial charge in [-0.1, -0.05) is 42.5 Å². The highest BCUT2D eigenvalue weighted by Gasteiger charge is 2.21. The average Bonchev–Trinajstić information content (AvgIpc) is 2.49. The number of aryl methyl sites for hydroxylation is 2. The summed E-state index contributed by atoms with van der Waals surface area (Å²) in [6.07, 6.45) is 3.23. The van der Waals surface area contributed by atoms with Crippen LogP contribution in [0.2, 0.25) is 0 Å². The molecule has 0 saturated heterocycles. The Morgan fingerprint density at radius 2 is 1.48 bits per heavy atom. The Morgan fingerprint density at radius 3 is 2.00 bits per heavy atom. The van der Waals surface area contributed by atoms with Crippen LogP contribution in [0.5, 0.6) is 0 Å². The molecule has 4 heteroatoms. The number of nitrogens with two attached hydrogens (primary N) is 1. The van der Waals surface area contributed by atoms with Crippen LogP contribution in [0, 0.1) is 0 Å². The second-order valence-corrected chi connectivity index (χ2v) is 6.21. The van der Waals surface area contributed by atoms with Gasteiger partial charge in [0, 0.05) is 5.69 Å². The smallest absolute Gasteiger partial charge is 0.243 e. The van der Waals surface area contributed by atoms with Gasteiger partial charge in [-0.05, 0) is 56.4 Å². The number of nitrogens with one attached hydrogen (secondary N) is 1. The number of amides is 1. The molecule has 0 spiro atoms. The van der Waals surface area contributed by atoms with Crippen molar-refractivity contribution in [3.05, 3.63) is 65.7 Å². The molecule has 0 radical (unpaired) electrons. The molecule has 0 heterocycles. The molecule has 0 aliphatic carbocycles. The van der Waals surface area contributed by atoms with E-state index in [1.165, 1.54) is 11.1 Å². The number of carbonyl (C=O) groups excluding carboxylic acids is 1. The van der Waals surface area contributed by atoms with Gasteiger partial charge in [0.2, 0.25) is 5.91 Å². The van der Waals surface area contributed by atoms with Gasteiger partial charge in [0.1, 0.15) is 0 Å². The molecule has 1 amide bonds. The lowest BCUT2D eigenvalue weighted by Crippen LogP contribution is -2.45. The van der Waals surface area contributed by atoms with Gasteiger partial charge in [0.15, 0.2) is 0 Å². The van der Waals surface area contributed by atoms with Crippen LogP contribution >= 0.6 is 12.4 Å². The van der Waals surface area contributed by atoms with Crippen LogP contribution in [0.4, 0.5) is 5.69 Å². The lowest BCUT2D eigenvalue weighted by Gasteiger charge is -2.17. The molecule has 23 heavy (non-hydrogen) atoms. The molecule has 0 bridgehead atoms. The van der Waals surface area contributed by atoms with E-state index in [1.54, 1.807) is 13.8 Å². The van der Waals surface area contributed by atoms with E-state index in [4.69, 9.17) is 5.73 Å². The molecule has 3 N–H and O–H groups in total. The van der Waals surface area contributed by atoms with Crippen LogP contribution < -0.4 is 11.1 Å². The van der Waals surface area contributed by atoms with Gasteiger partial charge in [-0.15, -0.1) is 12.4 Å². The minimum absolute atomic E-state index is 0. The summed E-state index contributed by atoms with van der Waals surface area (Å²) in [4.78, 5) is 11.8. The maximum atomic E-state index is 11.8. The monoisotopic (exact) mass is 332 g/mol. The van der Waals surface area contributed by atoms with Crippen LogP contribution in [0.25, 0.3) is 0 Å². The van der Waals surface area contributed by atoms with Crippen molar-refractivity contribution in [3.8, 4) is 0 Å². The Morgan fingerprint density at radius 1 is 0.957 bits per heavy atom. The molecule has 0 saturated carbocycles. The molecule has 0 fully saturated rings. The number of anilines is 1. The van der Waals surface area contributed by atoms with Gasteiger partial charge in [-0.25, -0.2) is 0 Å². The number of carbonyl (C=O) groups is 1. The second kappa shape index (κ2) is 8.70. The molecular weight excluding hydrogens is 308 g/mol. The van der Waals surface area contributed by atoms with Crippen molar-refractivity contribution in [1.29, 1.82) is 0 Å². The molecule has 0 atom stereocenters. The van der Waals surface area contributed by atoms with Crippen molar-refractivity contribution in [2.75, 3.05) is 5.32 Å². The van der Waals surface area contributed by atoms with Crippen molar-refractivity contribution in [3.63, 3.8) is 0 Å². The van der Waals surface area contributed by atoms with Crippen LogP contribution in [0.3, 0.4) is 0 Å². The molecule has 2 aromatic rings. The first-order valence-electron chi connectivity index (χ1n) is 7.68. The van der Waals surface area contributed by atoms with Crippen LogP contribution in [0.1, 0.15) is 31.4 Å². The number of benzene rings is 2. The third-order valence-corrected chi connectivity index (χ3v) is 3.57. The third-order valence-electron chi connectivity index (χ3n) is 3.57. The van der Waals surface area contributed by atoms with Gasteiger partial charge >= 0.3 is 0 Å². The molecular formula is C19H25ClN2O. The summed E-state index contributed by atoms with van der Waals surface area (Å²) < 4.78 is 0. The fraction of sp³-hybridized carbons (Fsp3) is 0.316. The Kier molecular flexibility index (Phi) is 7.27. The van der Waals surface area contributed by atoms with E-state index in [9.17, 15) is 4.79 Å². The Hall–Kier alpha value is -1.84. The Balaban J connectivity index is 0.00000264. The lowest BCUT2D eigenvalue weighted by molar-refractivity contribution is -0.120. The average molecular weight is 333 g/mol. The van der Waals surface area contributed by atoms with E-state index in [-0.39, 0.29) is 18.3 Å². The van der Waals surface area contributed by atoms with Gasteiger partial charge < -0.3 is 11.1 Å². The molecule has 0 aliphatic rings. The highest BCUT2D eigenvalue weighted by atomic mass is 35.5. The summed E-state index contributed by atoms with van der Waals surface area (Å²) in [6, 6.07) is 18.5. The zero-order valence-electron chi connectivity index (χ0n) is 13.7. The van der Waals surface area contributed by atoms with Crippen LogP contribution in [-0.4, -0.2) is 11.4 Å². The van der Waals surface area contributed by atoms with Gasteiger partial charge in [-0.3, -0.25) is 4.79 Å². The van der Waals surface area contributed by atoms with Crippen LogP contribution in [0.15, 0.2) is 54.6 Å². The molecule has 124 valence electrons. The van der Waals surface area contributed by atoms with E-state index in [0.717, 1.165) is 24.9 Å². The van der Waals surface area contributed by atoms with Gasteiger partial charge in [0.05, 0.1) is 5.54 Å². The second-order valence-electron chi connectivity index (χ2n) is 6.21. The van der Waals surface area contributed by atoms with Crippen molar-refractivity contribution >= 4 is 24.0 Å². The summed E-state index contributed by atoms with van der Waals surface area (Å²) in [6.45, 7) is 3.39. The zero-order valence-corrected chi connectivity index (χ0v) is 14.5. The van der Waals surface area contributed by atoms with Crippen molar-refractivity contribution in [2.45, 2.75) is 38.6 Å². The quantitative estimate of drug-likeness (QED) is 0.841. The van der Waals surface area contributed by atoms with Gasteiger partial charge in [0.25, 0.3) is 0 Å². The van der Waals surface area contributed by atoms with E-state index >= 15 is 0 Å². The SMILES string of the molecule is CC(C)(N)C(=O)Nc1ccc(CCCc2ccccc2)cc1.Cl. The van der Waals surface area contributed by atoms with Crippen molar-refractivity contribution in [1.82, 2.24) is 0 Å².